The molecule has 21 heavy (non-hydrogen) atoms. The van der Waals surface area contributed by atoms with Gasteiger partial charge in [-0.3, -0.25) is 0 Å². The Morgan fingerprint density at radius 1 is 1.33 bits per heavy atom. The number of nitrogens with one attached hydrogen (secondary N) is 2. The summed E-state index contributed by atoms with van der Waals surface area (Å²) in [6, 6.07) is 2.11. The zero-order chi connectivity index (χ0) is 14.9. The molecule has 2 fully saturated rings. The molecule has 3 rings (SSSR count). The van der Waals surface area contributed by atoms with Gasteiger partial charge in [0.2, 0.25) is 10.0 Å². The molecular weight excluding hydrogens is 360 g/mol. The first-order valence-electron chi connectivity index (χ1n) is 7.17. The first-order valence-corrected chi connectivity index (χ1v) is 9.45. The topological polar surface area (TPSA) is 80.6 Å². The van der Waals surface area contributed by atoms with Crippen molar-refractivity contribution in [1.29, 1.82) is 0 Å². The highest BCUT2D eigenvalue weighted by Gasteiger charge is 2.26. The highest BCUT2D eigenvalue weighted by atomic mass is 79.9. The third-order valence-electron chi connectivity index (χ3n) is 3.66. The summed E-state index contributed by atoms with van der Waals surface area (Å²) in [4.78, 5) is 0.146. The molecule has 0 aromatic carbocycles. The Hall–Kier alpha value is -0.410. The monoisotopic (exact) mass is 378 g/mol. The molecule has 1 unspecified atom stereocenters. The lowest BCUT2D eigenvalue weighted by molar-refractivity contribution is 0.114. The predicted molar refractivity (Wildman–Crippen MR) is 80.4 cm³/mol. The number of furan rings is 1. The smallest absolute Gasteiger partial charge is 0.245 e. The summed E-state index contributed by atoms with van der Waals surface area (Å²) in [6.07, 6.45) is 4.21. The normalized spacial score (nSPS) is 22.8. The second-order valence-corrected chi connectivity index (χ2v) is 7.95. The van der Waals surface area contributed by atoms with Gasteiger partial charge in [-0.05, 0) is 41.6 Å². The Kier molecular flexibility index (Phi) is 4.70. The number of halogens is 1. The summed E-state index contributed by atoms with van der Waals surface area (Å²) < 4.78 is 38.3. The molecular formula is C13H19BrN2O4S. The van der Waals surface area contributed by atoms with Crippen LogP contribution in [0.1, 0.15) is 31.4 Å². The number of sulfonamides is 1. The molecule has 8 heteroatoms. The van der Waals surface area contributed by atoms with Gasteiger partial charge in [-0.25, -0.2) is 13.1 Å². The van der Waals surface area contributed by atoms with Crippen LogP contribution in [0.5, 0.6) is 0 Å². The SMILES string of the molecule is O=S(=O)(NCC1CCCO1)c1cc(CNC2CC2)oc1Br. The fraction of sp³-hybridized carbons (Fsp3) is 0.692. The Morgan fingerprint density at radius 2 is 2.14 bits per heavy atom. The Morgan fingerprint density at radius 3 is 2.81 bits per heavy atom. The number of ether oxygens (including phenoxy) is 1. The summed E-state index contributed by atoms with van der Waals surface area (Å²) in [5.74, 6) is 0.617. The molecule has 1 aromatic heterocycles. The van der Waals surface area contributed by atoms with Gasteiger partial charge in [0.25, 0.3) is 0 Å². The molecule has 2 N–H and O–H groups in total. The van der Waals surface area contributed by atoms with Gasteiger partial charge in [0.1, 0.15) is 10.7 Å². The van der Waals surface area contributed by atoms with Crippen LogP contribution in [-0.4, -0.2) is 33.7 Å². The predicted octanol–water partition coefficient (Wildman–Crippen LogP) is 1.75. The molecule has 2 aliphatic rings. The average molecular weight is 379 g/mol. The van der Waals surface area contributed by atoms with Gasteiger partial charge >= 0.3 is 0 Å². The minimum absolute atomic E-state index is 0.0264. The van der Waals surface area contributed by atoms with Gasteiger partial charge in [0.15, 0.2) is 4.67 Å². The number of rotatable bonds is 7. The van der Waals surface area contributed by atoms with Gasteiger partial charge in [-0.1, -0.05) is 0 Å². The van der Waals surface area contributed by atoms with Crippen LogP contribution in [0.3, 0.4) is 0 Å². The lowest BCUT2D eigenvalue weighted by Crippen LogP contribution is -2.31. The van der Waals surface area contributed by atoms with Crippen molar-refractivity contribution < 1.29 is 17.6 Å². The van der Waals surface area contributed by atoms with Gasteiger partial charge in [0.05, 0.1) is 12.6 Å². The number of hydrogen-bond acceptors (Lipinski definition) is 5. The first-order chi connectivity index (χ1) is 10.0. The fourth-order valence-electron chi connectivity index (χ4n) is 2.29. The van der Waals surface area contributed by atoms with E-state index in [-0.39, 0.29) is 15.7 Å². The third-order valence-corrected chi connectivity index (χ3v) is 5.94. The summed E-state index contributed by atoms with van der Waals surface area (Å²) in [7, 11) is -3.58. The van der Waals surface area contributed by atoms with Crippen molar-refractivity contribution in [3.8, 4) is 0 Å². The molecule has 6 nitrogen and oxygen atoms in total. The van der Waals surface area contributed by atoms with E-state index in [0.29, 0.717) is 31.5 Å². The molecule has 1 aliphatic carbocycles. The molecule has 1 atom stereocenters. The lowest BCUT2D eigenvalue weighted by atomic mass is 10.2. The van der Waals surface area contributed by atoms with E-state index in [9.17, 15) is 8.42 Å². The van der Waals surface area contributed by atoms with Crippen molar-refractivity contribution in [2.24, 2.45) is 0 Å². The van der Waals surface area contributed by atoms with Crippen LogP contribution in [-0.2, 0) is 21.3 Å². The highest BCUT2D eigenvalue weighted by molar-refractivity contribution is 9.10. The van der Waals surface area contributed by atoms with E-state index in [1.807, 2.05) is 0 Å². The van der Waals surface area contributed by atoms with Crippen molar-refractivity contribution >= 4 is 26.0 Å². The minimum atomic E-state index is -3.58. The van der Waals surface area contributed by atoms with Crippen molar-refractivity contribution in [2.45, 2.75) is 49.3 Å². The van der Waals surface area contributed by atoms with E-state index in [4.69, 9.17) is 9.15 Å². The van der Waals surface area contributed by atoms with Gasteiger partial charge in [-0.15, -0.1) is 0 Å². The molecule has 1 aromatic rings. The van der Waals surface area contributed by atoms with Crippen molar-refractivity contribution in [1.82, 2.24) is 10.0 Å². The lowest BCUT2D eigenvalue weighted by Gasteiger charge is -2.10. The summed E-state index contributed by atoms with van der Waals surface area (Å²) in [5.41, 5.74) is 0. The van der Waals surface area contributed by atoms with Crippen LogP contribution >= 0.6 is 15.9 Å². The van der Waals surface area contributed by atoms with Crippen LogP contribution in [0.25, 0.3) is 0 Å². The van der Waals surface area contributed by atoms with Gasteiger partial charge in [0, 0.05) is 25.3 Å². The molecule has 0 radical (unpaired) electrons. The number of hydrogen-bond donors (Lipinski definition) is 2. The zero-order valence-electron chi connectivity index (χ0n) is 11.6. The fourth-order valence-corrected chi connectivity index (χ4v) is 4.35. The Bertz CT molecular complexity index is 591. The molecule has 0 amide bonds. The summed E-state index contributed by atoms with van der Waals surface area (Å²) >= 11 is 3.18. The van der Waals surface area contributed by atoms with Gasteiger partial charge < -0.3 is 14.5 Å². The van der Waals surface area contributed by atoms with E-state index in [2.05, 4.69) is 26.0 Å². The second-order valence-electron chi connectivity index (χ2n) is 5.49. The maximum Gasteiger partial charge on any atom is 0.245 e. The largest absolute Gasteiger partial charge is 0.452 e. The van der Waals surface area contributed by atoms with E-state index in [0.717, 1.165) is 12.8 Å². The molecule has 1 aliphatic heterocycles. The first kappa shape index (κ1) is 15.5. The minimum Gasteiger partial charge on any atom is -0.452 e. The van der Waals surface area contributed by atoms with Crippen molar-refractivity contribution in [3.05, 3.63) is 16.5 Å². The average Bonchev–Trinajstić information content (AvgIpc) is 2.97. The van der Waals surface area contributed by atoms with Crippen molar-refractivity contribution in [3.63, 3.8) is 0 Å². The van der Waals surface area contributed by atoms with E-state index in [1.54, 1.807) is 6.07 Å². The van der Waals surface area contributed by atoms with Crippen LogP contribution in [0, 0.1) is 0 Å². The molecule has 0 spiro atoms. The standard InChI is InChI=1S/C13H19BrN2O4S/c14-13-12(6-11(20-13)7-15-9-3-4-9)21(17,18)16-8-10-2-1-5-19-10/h6,9-10,15-16H,1-5,7-8H2. The highest BCUT2D eigenvalue weighted by Crippen LogP contribution is 2.27. The van der Waals surface area contributed by atoms with E-state index >= 15 is 0 Å². The van der Waals surface area contributed by atoms with E-state index in [1.165, 1.54) is 12.8 Å². The quantitative estimate of drug-likeness (QED) is 0.755. The van der Waals surface area contributed by atoms with Crippen LogP contribution in [0.15, 0.2) is 20.0 Å². The van der Waals surface area contributed by atoms with Crippen LogP contribution in [0.2, 0.25) is 0 Å². The Balaban J connectivity index is 1.62. The molecule has 118 valence electrons. The molecule has 0 bridgehead atoms. The van der Waals surface area contributed by atoms with Gasteiger partial charge in [-0.2, -0.15) is 0 Å². The summed E-state index contributed by atoms with van der Waals surface area (Å²) in [5, 5.41) is 3.29. The van der Waals surface area contributed by atoms with E-state index < -0.39 is 10.0 Å². The molecule has 1 saturated heterocycles. The van der Waals surface area contributed by atoms with Crippen molar-refractivity contribution in [2.75, 3.05) is 13.2 Å². The van der Waals surface area contributed by atoms with Crippen LogP contribution in [0.4, 0.5) is 0 Å². The molecule has 1 saturated carbocycles. The maximum atomic E-state index is 12.3. The Labute approximate surface area is 132 Å². The van der Waals surface area contributed by atoms with Crippen LogP contribution < -0.4 is 10.0 Å². The summed E-state index contributed by atoms with van der Waals surface area (Å²) in [6.45, 7) is 1.55. The molecule has 2 heterocycles. The zero-order valence-corrected chi connectivity index (χ0v) is 14.0. The second kappa shape index (κ2) is 6.37. The third kappa shape index (κ3) is 4.07. The maximum absolute atomic E-state index is 12.3.